The van der Waals surface area contributed by atoms with Gasteiger partial charge in [-0.05, 0) is 36.6 Å². The Labute approximate surface area is 131 Å². The predicted molar refractivity (Wildman–Crippen MR) is 83.8 cm³/mol. The van der Waals surface area contributed by atoms with Crippen molar-refractivity contribution in [2.45, 2.75) is 18.3 Å². The first kappa shape index (κ1) is 14.3. The molecule has 1 amide bonds. The summed E-state index contributed by atoms with van der Waals surface area (Å²) in [7, 11) is 0. The number of benzene rings is 2. The largest absolute Gasteiger partial charge is 0.351 e. The van der Waals surface area contributed by atoms with Gasteiger partial charge in [-0.25, -0.2) is 4.39 Å². The molecule has 21 heavy (non-hydrogen) atoms. The Morgan fingerprint density at radius 1 is 1.19 bits per heavy atom. The Balaban J connectivity index is 1.69. The monoisotopic (exact) mass is 347 g/mol. The number of hydrogen-bond donors (Lipinski definition) is 1. The van der Waals surface area contributed by atoms with Crippen LogP contribution in [-0.2, 0) is 5.41 Å². The quantitative estimate of drug-likeness (QED) is 0.887. The van der Waals surface area contributed by atoms with E-state index in [2.05, 4.69) is 33.4 Å². The number of carbonyl (C=O) groups excluding carboxylic acids is 1. The molecule has 2 aromatic rings. The maximum absolute atomic E-state index is 13.8. The minimum atomic E-state index is -0.508. The lowest BCUT2D eigenvalue weighted by Crippen LogP contribution is -2.32. The summed E-state index contributed by atoms with van der Waals surface area (Å²) in [5.41, 5.74) is 1.35. The zero-order valence-corrected chi connectivity index (χ0v) is 13.0. The zero-order valence-electron chi connectivity index (χ0n) is 11.4. The number of rotatable bonds is 4. The molecule has 1 fully saturated rings. The molecule has 1 aliphatic rings. The van der Waals surface area contributed by atoms with E-state index in [9.17, 15) is 9.18 Å². The lowest BCUT2D eigenvalue weighted by molar-refractivity contribution is 0.0945. The van der Waals surface area contributed by atoms with Crippen LogP contribution < -0.4 is 5.32 Å². The van der Waals surface area contributed by atoms with Crippen molar-refractivity contribution >= 4 is 21.8 Å². The first-order valence-electron chi connectivity index (χ1n) is 6.90. The molecule has 2 aromatic carbocycles. The number of halogens is 2. The maximum atomic E-state index is 13.8. The van der Waals surface area contributed by atoms with Crippen molar-refractivity contribution < 1.29 is 9.18 Å². The molecule has 3 rings (SSSR count). The second kappa shape index (κ2) is 5.60. The first-order valence-corrected chi connectivity index (χ1v) is 7.69. The molecule has 1 N–H and O–H groups in total. The molecule has 0 spiro atoms. The van der Waals surface area contributed by atoms with Crippen LogP contribution in [0.3, 0.4) is 0 Å². The summed E-state index contributed by atoms with van der Waals surface area (Å²) in [5, 5.41) is 2.87. The SMILES string of the molecule is O=C(NCC1(c2ccccc2)CC1)c1ccc(Br)cc1F. The second-order valence-electron chi connectivity index (χ2n) is 5.45. The third-order valence-corrected chi connectivity index (χ3v) is 4.50. The Morgan fingerprint density at radius 2 is 1.90 bits per heavy atom. The van der Waals surface area contributed by atoms with Gasteiger partial charge in [0.1, 0.15) is 5.82 Å². The van der Waals surface area contributed by atoms with E-state index in [1.54, 1.807) is 6.07 Å². The van der Waals surface area contributed by atoms with E-state index < -0.39 is 5.82 Å². The molecule has 0 aromatic heterocycles. The molecule has 0 saturated heterocycles. The number of nitrogens with one attached hydrogen (secondary N) is 1. The summed E-state index contributed by atoms with van der Waals surface area (Å²) < 4.78 is 14.4. The van der Waals surface area contributed by atoms with Gasteiger partial charge in [-0.15, -0.1) is 0 Å². The van der Waals surface area contributed by atoms with E-state index >= 15 is 0 Å². The summed E-state index contributed by atoms with van der Waals surface area (Å²) in [4.78, 5) is 12.1. The smallest absolute Gasteiger partial charge is 0.254 e. The standard InChI is InChI=1S/C17H15BrFNO/c18-13-6-7-14(15(19)10-13)16(21)20-11-17(8-9-17)12-4-2-1-3-5-12/h1-7,10H,8-9,11H2,(H,20,21). The number of hydrogen-bond acceptors (Lipinski definition) is 1. The van der Waals surface area contributed by atoms with Crippen LogP contribution >= 0.6 is 15.9 Å². The minimum Gasteiger partial charge on any atom is -0.351 e. The topological polar surface area (TPSA) is 29.1 Å². The first-order chi connectivity index (χ1) is 10.1. The number of carbonyl (C=O) groups is 1. The molecule has 4 heteroatoms. The second-order valence-corrected chi connectivity index (χ2v) is 6.37. The van der Waals surface area contributed by atoms with Crippen LogP contribution in [-0.4, -0.2) is 12.5 Å². The molecule has 1 aliphatic carbocycles. The highest BCUT2D eigenvalue weighted by atomic mass is 79.9. The third-order valence-electron chi connectivity index (χ3n) is 4.00. The normalized spacial score (nSPS) is 15.5. The van der Waals surface area contributed by atoms with Crippen LogP contribution in [0.1, 0.15) is 28.8 Å². The van der Waals surface area contributed by atoms with Gasteiger partial charge in [-0.2, -0.15) is 0 Å². The van der Waals surface area contributed by atoms with Crippen LogP contribution in [0.2, 0.25) is 0 Å². The highest BCUT2D eigenvalue weighted by molar-refractivity contribution is 9.10. The molecule has 1 saturated carbocycles. The van der Waals surface area contributed by atoms with Crippen LogP contribution in [0.5, 0.6) is 0 Å². The van der Waals surface area contributed by atoms with Crippen molar-refractivity contribution in [1.82, 2.24) is 5.32 Å². The van der Waals surface area contributed by atoms with Gasteiger partial charge in [0.05, 0.1) is 5.56 Å². The zero-order chi connectivity index (χ0) is 14.9. The molecule has 0 aliphatic heterocycles. The summed E-state index contributed by atoms with van der Waals surface area (Å²) in [5.74, 6) is -0.867. The van der Waals surface area contributed by atoms with Gasteiger partial charge in [0, 0.05) is 16.4 Å². The fourth-order valence-electron chi connectivity index (χ4n) is 2.53. The van der Waals surface area contributed by atoms with Crippen LogP contribution in [0.25, 0.3) is 0 Å². The van der Waals surface area contributed by atoms with Gasteiger partial charge in [0.2, 0.25) is 0 Å². The average Bonchev–Trinajstić information content (AvgIpc) is 3.27. The van der Waals surface area contributed by atoms with Crippen molar-refractivity contribution in [3.05, 3.63) is 69.9 Å². The molecule has 2 nitrogen and oxygen atoms in total. The van der Waals surface area contributed by atoms with Crippen LogP contribution in [0.15, 0.2) is 53.0 Å². The van der Waals surface area contributed by atoms with Gasteiger partial charge in [-0.1, -0.05) is 46.3 Å². The highest BCUT2D eigenvalue weighted by Crippen LogP contribution is 2.47. The lowest BCUT2D eigenvalue weighted by atomic mass is 9.96. The maximum Gasteiger partial charge on any atom is 0.254 e. The van der Waals surface area contributed by atoms with Crippen molar-refractivity contribution in [3.63, 3.8) is 0 Å². The van der Waals surface area contributed by atoms with E-state index in [4.69, 9.17) is 0 Å². The summed E-state index contributed by atoms with van der Waals surface area (Å²) in [6.07, 6.45) is 2.11. The fourth-order valence-corrected chi connectivity index (χ4v) is 2.86. The Bertz CT molecular complexity index is 668. The minimum absolute atomic E-state index is 0.0305. The van der Waals surface area contributed by atoms with E-state index in [1.807, 2.05) is 18.2 Å². The summed E-state index contributed by atoms with van der Waals surface area (Å²) >= 11 is 3.19. The van der Waals surface area contributed by atoms with Crippen molar-refractivity contribution in [3.8, 4) is 0 Å². The van der Waals surface area contributed by atoms with Crippen LogP contribution in [0.4, 0.5) is 4.39 Å². The molecule has 0 radical (unpaired) electrons. The van der Waals surface area contributed by atoms with E-state index in [1.165, 1.54) is 17.7 Å². The van der Waals surface area contributed by atoms with E-state index in [-0.39, 0.29) is 16.9 Å². The van der Waals surface area contributed by atoms with Crippen molar-refractivity contribution in [1.29, 1.82) is 0 Å². The van der Waals surface area contributed by atoms with E-state index in [0.29, 0.717) is 11.0 Å². The van der Waals surface area contributed by atoms with E-state index in [0.717, 1.165) is 12.8 Å². The Morgan fingerprint density at radius 3 is 2.52 bits per heavy atom. The highest BCUT2D eigenvalue weighted by Gasteiger charge is 2.44. The average molecular weight is 348 g/mol. The van der Waals surface area contributed by atoms with Crippen molar-refractivity contribution in [2.75, 3.05) is 6.54 Å². The van der Waals surface area contributed by atoms with Gasteiger partial charge in [-0.3, -0.25) is 4.79 Å². The Hall–Kier alpha value is -1.68. The predicted octanol–water partition coefficient (Wildman–Crippen LogP) is 4.05. The van der Waals surface area contributed by atoms with Gasteiger partial charge in [0.15, 0.2) is 0 Å². The third kappa shape index (κ3) is 3.00. The summed E-state index contributed by atoms with van der Waals surface area (Å²) in [6.45, 7) is 0.547. The number of amides is 1. The lowest BCUT2D eigenvalue weighted by Gasteiger charge is -2.16. The molecule has 0 bridgehead atoms. The molecule has 0 unspecified atom stereocenters. The molecule has 108 valence electrons. The molecular formula is C17H15BrFNO. The molecular weight excluding hydrogens is 333 g/mol. The van der Waals surface area contributed by atoms with Gasteiger partial charge >= 0.3 is 0 Å². The van der Waals surface area contributed by atoms with Crippen LogP contribution in [0, 0.1) is 5.82 Å². The van der Waals surface area contributed by atoms with Gasteiger partial charge < -0.3 is 5.32 Å². The molecule has 0 heterocycles. The fraction of sp³-hybridized carbons (Fsp3) is 0.235. The van der Waals surface area contributed by atoms with Gasteiger partial charge in [0.25, 0.3) is 5.91 Å². The summed E-state index contributed by atoms with van der Waals surface area (Å²) in [6, 6.07) is 14.6. The Kier molecular flexibility index (Phi) is 3.81. The van der Waals surface area contributed by atoms with Crippen molar-refractivity contribution in [2.24, 2.45) is 0 Å². The molecule has 0 atom stereocenters.